The highest BCUT2D eigenvalue weighted by Crippen LogP contribution is 2.34. The van der Waals surface area contributed by atoms with Gasteiger partial charge in [-0.25, -0.2) is 0 Å². The fourth-order valence-electron chi connectivity index (χ4n) is 7.18. The quantitative estimate of drug-likeness (QED) is 0.0549. The van der Waals surface area contributed by atoms with Crippen LogP contribution in [-0.4, -0.2) is 130 Å². The fraction of sp³-hybridized carbons (Fsp3) is 0.146. The van der Waals surface area contributed by atoms with E-state index in [9.17, 15) is 61.5 Å². The van der Waals surface area contributed by atoms with Crippen LogP contribution in [-0.2, 0) is 45.2 Å². The van der Waals surface area contributed by atoms with Crippen LogP contribution in [0.25, 0.3) is 12.2 Å². The molecule has 0 radical (unpaired) electrons. The number of benzene rings is 4. The summed E-state index contributed by atoms with van der Waals surface area (Å²) >= 11 is 0. The van der Waals surface area contributed by atoms with Gasteiger partial charge < -0.3 is 29.7 Å². The molecule has 27 nitrogen and oxygen atoms in total. The molecule has 4 aromatic carbocycles. The van der Waals surface area contributed by atoms with Crippen LogP contribution in [0.3, 0.4) is 0 Å². The van der Waals surface area contributed by atoms with E-state index in [1.807, 2.05) is 0 Å². The number of nitrogens with zero attached hydrogens (tertiary/aromatic N) is 6. The summed E-state index contributed by atoms with van der Waals surface area (Å²) in [6.45, 7) is 1.37. The number of morpholine rings is 1. The molecule has 0 unspecified atom stereocenters. The molecule has 8 N–H and O–H groups in total. The lowest BCUT2D eigenvalue weighted by Crippen LogP contribution is -2.37. The molecule has 1 aromatic heterocycles. The van der Waals surface area contributed by atoms with Crippen LogP contribution in [0.15, 0.2) is 103 Å². The number of aromatic nitrogens is 3. The van der Waals surface area contributed by atoms with Gasteiger partial charge in [0.15, 0.2) is 11.4 Å². The average molecular weight is 1070 g/mol. The molecule has 5 aromatic rings. The standard InChI is InChI=1S/C41H36N10O17S4/c1-66-25-5-9-29(31(19-25)69(54,55)56)47-49-35-33(71(60,61)62)17-21-15-23(3-7-27(21)37(35)52)42-39-44-40(46-41(45-39)51-11-13-68-14-12-51)43-24-4-8-28-22(16-24)18-34(72(63,64)65)36(38(28)53)50-48-30-10-6-26(67-2)20-32(30)70(57,58)59/h3-10,15-20,47-48H,11-14H2,1-2H3,(H,54,55,56)(H,57,58,59)(H,60,61,62)(H,63,64,65)(H2,42,43,44,45,46)/b49-35-,50-36+. The number of carbonyl (C=O) groups excluding carboxylic acids is 2. The van der Waals surface area contributed by atoms with Crippen molar-refractivity contribution in [3.05, 3.63) is 105 Å². The topological polar surface area (TPSA) is 394 Å². The maximum Gasteiger partial charge on any atom is 0.296 e. The van der Waals surface area contributed by atoms with Crippen LogP contribution in [0.1, 0.15) is 31.8 Å². The minimum absolute atomic E-state index is 0.0195. The van der Waals surface area contributed by atoms with Crippen molar-refractivity contribution >= 4 is 116 Å². The molecule has 3 aliphatic rings. The number of rotatable bonds is 15. The first-order valence-electron chi connectivity index (χ1n) is 20.3. The maximum atomic E-state index is 13.8. The first-order valence-corrected chi connectivity index (χ1v) is 26.0. The minimum atomic E-state index is -5.17. The average Bonchev–Trinajstić information content (AvgIpc) is 3.32. The van der Waals surface area contributed by atoms with E-state index in [4.69, 9.17) is 14.2 Å². The van der Waals surface area contributed by atoms with Crippen molar-refractivity contribution in [2.24, 2.45) is 10.2 Å². The number of hydrogen-bond acceptors (Lipinski definition) is 23. The number of nitrogens with one attached hydrogen (secondary N) is 4. The molecule has 1 aliphatic heterocycles. The minimum Gasteiger partial charge on any atom is -0.497 e. The van der Waals surface area contributed by atoms with Crippen molar-refractivity contribution in [3.63, 3.8) is 0 Å². The molecule has 0 spiro atoms. The zero-order valence-electron chi connectivity index (χ0n) is 36.8. The molecule has 1 fully saturated rings. The zero-order valence-corrected chi connectivity index (χ0v) is 40.1. The molecule has 0 amide bonds. The van der Waals surface area contributed by atoms with Gasteiger partial charge in [0.2, 0.25) is 29.4 Å². The summed E-state index contributed by atoms with van der Waals surface area (Å²) in [5.74, 6) is -1.99. The Labute approximate surface area is 408 Å². The molecular formula is C41H36N10O17S4. The number of carbonyl (C=O) groups is 2. The molecule has 0 bridgehead atoms. The second-order valence-electron chi connectivity index (χ2n) is 15.2. The van der Waals surface area contributed by atoms with Gasteiger partial charge in [-0.05, 0) is 83.9 Å². The Morgan fingerprint density at radius 2 is 0.986 bits per heavy atom. The van der Waals surface area contributed by atoms with Gasteiger partial charge in [-0.1, -0.05) is 0 Å². The lowest BCUT2D eigenvalue weighted by Gasteiger charge is -2.27. The molecule has 1 saturated heterocycles. The lowest BCUT2D eigenvalue weighted by atomic mass is 9.94. The van der Waals surface area contributed by atoms with E-state index < -0.39 is 83.1 Å². The van der Waals surface area contributed by atoms with E-state index in [-0.39, 0.29) is 74.3 Å². The number of methoxy groups -OCH3 is 2. The van der Waals surface area contributed by atoms with Gasteiger partial charge in [0, 0.05) is 47.7 Å². The van der Waals surface area contributed by atoms with Crippen LogP contribution in [0.5, 0.6) is 11.5 Å². The first kappa shape index (κ1) is 50.6. The van der Waals surface area contributed by atoms with Crippen molar-refractivity contribution in [1.82, 2.24) is 15.0 Å². The molecule has 0 atom stereocenters. The normalized spacial score (nSPS) is 16.3. The van der Waals surface area contributed by atoms with Crippen LogP contribution in [0, 0.1) is 0 Å². The lowest BCUT2D eigenvalue weighted by molar-refractivity contribution is 0.105. The van der Waals surface area contributed by atoms with Crippen LogP contribution >= 0.6 is 0 Å². The third-order valence-electron chi connectivity index (χ3n) is 10.6. The third kappa shape index (κ3) is 10.9. The Morgan fingerprint density at radius 3 is 1.36 bits per heavy atom. The van der Waals surface area contributed by atoms with Gasteiger partial charge >= 0.3 is 0 Å². The summed E-state index contributed by atoms with van der Waals surface area (Å²) in [4.78, 5) is 39.5. The zero-order chi connectivity index (χ0) is 51.9. The second-order valence-corrected chi connectivity index (χ2v) is 20.7. The number of hydrogen-bond donors (Lipinski definition) is 8. The second kappa shape index (κ2) is 19.5. The highest BCUT2D eigenvalue weighted by molar-refractivity contribution is 7.91. The molecule has 8 rings (SSSR count). The monoisotopic (exact) mass is 1070 g/mol. The molecule has 2 aliphatic carbocycles. The van der Waals surface area contributed by atoms with E-state index in [0.717, 1.165) is 36.4 Å². The van der Waals surface area contributed by atoms with Crippen LogP contribution < -0.4 is 35.9 Å². The van der Waals surface area contributed by atoms with E-state index in [2.05, 4.69) is 46.6 Å². The number of fused-ring (bicyclic) bond motifs is 2. The number of Topliss-reactive ketones (excluding diaryl/α,β-unsaturated/α-hetero) is 2. The number of anilines is 7. The molecular weight excluding hydrogens is 1030 g/mol. The maximum absolute atomic E-state index is 13.8. The van der Waals surface area contributed by atoms with Crippen molar-refractivity contribution in [1.29, 1.82) is 0 Å². The van der Waals surface area contributed by atoms with Gasteiger partial charge in [0.25, 0.3) is 40.5 Å². The Hall–Kier alpha value is -7.75. The van der Waals surface area contributed by atoms with E-state index in [1.54, 1.807) is 4.90 Å². The summed E-state index contributed by atoms with van der Waals surface area (Å²) in [5.41, 5.74) is 2.30. The van der Waals surface area contributed by atoms with Crippen LogP contribution in [0.4, 0.5) is 40.6 Å². The van der Waals surface area contributed by atoms with Gasteiger partial charge in [0.1, 0.15) is 31.1 Å². The van der Waals surface area contributed by atoms with E-state index >= 15 is 0 Å². The smallest absolute Gasteiger partial charge is 0.296 e. The Balaban J connectivity index is 1.10. The van der Waals surface area contributed by atoms with E-state index in [1.165, 1.54) is 62.8 Å². The van der Waals surface area contributed by atoms with E-state index in [0.29, 0.717) is 26.3 Å². The van der Waals surface area contributed by atoms with Crippen molar-refractivity contribution in [2.75, 3.05) is 66.9 Å². The SMILES string of the molecule is COc1ccc(N/N=C2/C(=O)c3ccc(Nc4nc(Nc5ccc6c(c5)C=C(S(=O)(=O)O)/C(=N/Nc5ccc(OC)cc5S(=O)(=O)O)C6=O)nc(N5CCOCC5)n4)cc3C=C2S(=O)(=O)O)c(S(=O)(=O)O)c1. The highest BCUT2D eigenvalue weighted by Gasteiger charge is 2.35. The Kier molecular flexibility index (Phi) is 13.7. The summed E-state index contributed by atoms with van der Waals surface area (Å²) in [6.07, 6.45) is 1.90. The molecule has 0 saturated carbocycles. The third-order valence-corrected chi connectivity index (χ3v) is 14.1. The van der Waals surface area contributed by atoms with Crippen LogP contribution in [0.2, 0.25) is 0 Å². The molecule has 31 heteroatoms. The first-order chi connectivity index (χ1) is 33.9. The number of ether oxygens (including phenoxy) is 3. The Bertz CT molecular complexity index is 3480. The number of ketones is 2. The van der Waals surface area contributed by atoms with Gasteiger partial charge in [-0.2, -0.15) is 58.8 Å². The number of hydrazone groups is 2. The van der Waals surface area contributed by atoms with Crippen molar-refractivity contribution in [2.45, 2.75) is 9.79 Å². The summed E-state index contributed by atoms with van der Waals surface area (Å²) in [6, 6.07) is 14.9. The summed E-state index contributed by atoms with van der Waals surface area (Å²) in [7, 11) is -17.6. The largest absolute Gasteiger partial charge is 0.497 e. The molecule has 376 valence electrons. The van der Waals surface area contributed by atoms with Crippen molar-refractivity contribution in [3.8, 4) is 11.5 Å². The highest BCUT2D eigenvalue weighted by atomic mass is 32.2. The van der Waals surface area contributed by atoms with Gasteiger partial charge in [-0.15, -0.1) is 0 Å². The van der Waals surface area contributed by atoms with Gasteiger partial charge in [-0.3, -0.25) is 38.7 Å². The number of allylic oxidation sites excluding steroid dienone is 2. The predicted octanol–water partition coefficient (Wildman–Crippen LogP) is 3.49. The predicted molar refractivity (Wildman–Crippen MR) is 258 cm³/mol. The Morgan fingerprint density at radius 1 is 0.569 bits per heavy atom. The molecule has 72 heavy (non-hydrogen) atoms. The van der Waals surface area contributed by atoms with Crippen molar-refractivity contribution < 1.29 is 75.7 Å². The molecule has 2 heterocycles. The summed E-state index contributed by atoms with van der Waals surface area (Å²) < 4.78 is 154. The van der Waals surface area contributed by atoms with Gasteiger partial charge in [0.05, 0.1) is 38.8 Å². The fourth-order valence-corrected chi connectivity index (χ4v) is 9.81. The summed E-state index contributed by atoms with van der Waals surface area (Å²) in [5, 5.41) is 13.6.